The predicted octanol–water partition coefficient (Wildman–Crippen LogP) is 4.14. The van der Waals surface area contributed by atoms with Crippen LogP contribution in [0.2, 0.25) is 5.02 Å². The normalized spacial score (nSPS) is 17.3. The number of nitrogens with zero attached hydrogens (tertiary/aromatic N) is 1. The fraction of sp³-hybridized carbons (Fsp3) is 0.263. The number of amides is 2. The fourth-order valence-corrected chi connectivity index (χ4v) is 3.09. The summed E-state index contributed by atoms with van der Waals surface area (Å²) in [4.78, 5) is 26.0. The summed E-state index contributed by atoms with van der Waals surface area (Å²) in [6.45, 7) is 0.619. The molecule has 1 fully saturated rings. The Morgan fingerprint density at radius 1 is 1.19 bits per heavy atom. The number of hydrogen-bond acceptors (Lipinski definition) is 2. The Balaban J connectivity index is 1.60. The van der Waals surface area contributed by atoms with Gasteiger partial charge in [0.15, 0.2) is 0 Å². The lowest BCUT2D eigenvalue weighted by Crippen LogP contribution is -2.31. The summed E-state index contributed by atoms with van der Waals surface area (Å²) in [6, 6.07) is 11.1. The second-order valence-corrected chi connectivity index (χ2v) is 6.78. The highest BCUT2D eigenvalue weighted by Crippen LogP contribution is 2.30. The highest BCUT2D eigenvalue weighted by molar-refractivity contribution is 6.30. The second-order valence-electron chi connectivity index (χ2n) is 6.34. The minimum atomic E-state index is -4.51. The molecular weight excluding hydrogens is 381 g/mol. The van der Waals surface area contributed by atoms with Crippen molar-refractivity contribution in [2.75, 3.05) is 18.0 Å². The molecule has 3 rings (SSSR count). The van der Waals surface area contributed by atoms with Crippen LogP contribution in [0.3, 0.4) is 0 Å². The molecule has 0 aliphatic carbocycles. The van der Waals surface area contributed by atoms with Crippen molar-refractivity contribution >= 4 is 29.1 Å². The first-order chi connectivity index (χ1) is 12.7. The summed E-state index contributed by atoms with van der Waals surface area (Å²) in [7, 11) is 0. The number of anilines is 1. The number of benzene rings is 2. The van der Waals surface area contributed by atoms with Crippen LogP contribution in [0.4, 0.5) is 18.9 Å². The van der Waals surface area contributed by atoms with Gasteiger partial charge in [-0.25, -0.2) is 0 Å². The number of carbonyl (C=O) groups excluding carboxylic acids is 2. The van der Waals surface area contributed by atoms with Crippen LogP contribution in [0.1, 0.15) is 22.3 Å². The lowest BCUT2D eigenvalue weighted by molar-refractivity contribution is -0.137. The molecule has 1 N–H and O–H groups in total. The maximum atomic E-state index is 12.8. The van der Waals surface area contributed by atoms with Gasteiger partial charge in [-0.3, -0.25) is 9.59 Å². The average molecular weight is 397 g/mol. The van der Waals surface area contributed by atoms with E-state index in [9.17, 15) is 22.8 Å². The van der Waals surface area contributed by atoms with Crippen molar-refractivity contribution in [1.82, 2.24) is 5.32 Å². The van der Waals surface area contributed by atoms with Crippen LogP contribution in [-0.2, 0) is 11.0 Å². The molecule has 1 aliphatic rings. The third-order valence-electron chi connectivity index (χ3n) is 4.35. The van der Waals surface area contributed by atoms with E-state index in [2.05, 4.69) is 5.32 Å². The standard InChI is InChI=1S/C19H16ClF3N2O2/c20-15-4-6-16(7-5-15)25-11-12(8-17(25)26)10-24-18(27)13-2-1-3-14(9-13)19(21,22)23/h1-7,9,12H,8,10-11H2,(H,24,27). The molecule has 2 amide bonds. The number of alkyl halides is 3. The topological polar surface area (TPSA) is 49.4 Å². The van der Waals surface area contributed by atoms with Crippen molar-refractivity contribution in [1.29, 1.82) is 0 Å². The monoisotopic (exact) mass is 396 g/mol. The Bertz CT molecular complexity index is 853. The van der Waals surface area contributed by atoms with Gasteiger partial charge >= 0.3 is 6.18 Å². The molecule has 1 atom stereocenters. The van der Waals surface area contributed by atoms with Crippen LogP contribution in [0.15, 0.2) is 48.5 Å². The molecule has 1 heterocycles. The van der Waals surface area contributed by atoms with E-state index in [4.69, 9.17) is 11.6 Å². The number of carbonyl (C=O) groups is 2. The number of halogens is 4. The van der Waals surface area contributed by atoms with Gasteiger partial charge < -0.3 is 10.2 Å². The van der Waals surface area contributed by atoms with Crippen LogP contribution in [0.5, 0.6) is 0 Å². The second kappa shape index (κ2) is 7.60. The quantitative estimate of drug-likeness (QED) is 0.844. The van der Waals surface area contributed by atoms with Crippen LogP contribution >= 0.6 is 11.6 Å². The summed E-state index contributed by atoms with van der Waals surface area (Å²) < 4.78 is 38.3. The number of nitrogens with one attached hydrogen (secondary N) is 1. The summed E-state index contributed by atoms with van der Waals surface area (Å²) in [5, 5.41) is 3.18. The zero-order valence-corrected chi connectivity index (χ0v) is 14.8. The maximum absolute atomic E-state index is 12.8. The summed E-state index contributed by atoms with van der Waals surface area (Å²) in [5.74, 6) is -0.794. The highest BCUT2D eigenvalue weighted by Gasteiger charge is 2.32. The largest absolute Gasteiger partial charge is 0.416 e. The van der Waals surface area contributed by atoms with Crippen molar-refractivity contribution in [2.45, 2.75) is 12.6 Å². The number of hydrogen-bond donors (Lipinski definition) is 1. The molecule has 0 bridgehead atoms. The molecule has 2 aromatic carbocycles. The van der Waals surface area contributed by atoms with E-state index >= 15 is 0 Å². The predicted molar refractivity (Wildman–Crippen MR) is 95.7 cm³/mol. The van der Waals surface area contributed by atoms with Gasteiger partial charge in [0.1, 0.15) is 0 Å². The molecule has 0 radical (unpaired) electrons. The minimum absolute atomic E-state index is 0.0660. The van der Waals surface area contributed by atoms with E-state index in [0.29, 0.717) is 11.6 Å². The third-order valence-corrected chi connectivity index (χ3v) is 4.60. The van der Waals surface area contributed by atoms with Crippen LogP contribution < -0.4 is 10.2 Å². The molecule has 1 saturated heterocycles. The van der Waals surface area contributed by atoms with Crippen LogP contribution in [0, 0.1) is 5.92 Å². The van der Waals surface area contributed by atoms with E-state index in [-0.39, 0.29) is 30.4 Å². The molecule has 1 aliphatic heterocycles. The molecule has 0 spiro atoms. The van der Waals surface area contributed by atoms with Crippen molar-refractivity contribution in [3.63, 3.8) is 0 Å². The van der Waals surface area contributed by atoms with Gasteiger partial charge in [-0.15, -0.1) is 0 Å². The zero-order chi connectivity index (χ0) is 19.6. The molecule has 0 saturated carbocycles. The minimum Gasteiger partial charge on any atom is -0.352 e. The van der Waals surface area contributed by atoms with Gasteiger partial charge in [0.05, 0.1) is 5.56 Å². The Morgan fingerprint density at radius 2 is 1.89 bits per heavy atom. The van der Waals surface area contributed by atoms with Gasteiger partial charge in [-0.05, 0) is 42.5 Å². The molecule has 8 heteroatoms. The Labute approximate surface area is 158 Å². The molecule has 2 aromatic rings. The maximum Gasteiger partial charge on any atom is 0.416 e. The van der Waals surface area contributed by atoms with E-state index < -0.39 is 17.6 Å². The van der Waals surface area contributed by atoms with Crippen LogP contribution in [-0.4, -0.2) is 24.9 Å². The van der Waals surface area contributed by atoms with Gasteiger partial charge in [0, 0.05) is 41.7 Å². The summed E-state index contributed by atoms with van der Waals surface area (Å²) in [5.41, 5.74) is -0.222. The third kappa shape index (κ3) is 4.60. The van der Waals surface area contributed by atoms with Crippen molar-refractivity contribution in [3.8, 4) is 0 Å². The molecule has 4 nitrogen and oxygen atoms in total. The first-order valence-corrected chi connectivity index (χ1v) is 8.63. The Morgan fingerprint density at radius 3 is 2.56 bits per heavy atom. The van der Waals surface area contributed by atoms with Gasteiger partial charge in [-0.2, -0.15) is 13.2 Å². The SMILES string of the molecule is O=C(NCC1CC(=O)N(c2ccc(Cl)cc2)C1)c1cccc(C(F)(F)F)c1. The zero-order valence-electron chi connectivity index (χ0n) is 14.1. The van der Waals surface area contributed by atoms with Gasteiger partial charge in [0.2, 0.25) is 5.91 Å². The summed E-state index contributed by atoms with van der Waals surface area (Å²) in [6.07, 6.45) is -4.25. The van der Waals surface area contributed by atoms with Gasteiger partial charge in [-0.1, -0.05) is 17.7 Å². The Kier molecular flexibility index (Phi) is 5.41. The highest BCUT2D eigenvalue weighted by atomic mass is 35.5. The molecular formula is C19H16ClF3N2O2. The average Bonchev–Trinajstić information content (AvgIpc) is 3.00. The molecule has 142 valence electrons. The number of rotatable bonds is 4. The Hall–Kier alpha value is -2.54. The molecule has 1 unspecified atom stereocenters. The smallest absolute Gasteiger partial charge is 0.352 e. The summed E-state index contributed by atoms with van der Waals surface area (Å²) >= 11 is 5.84. The molecule has 27 heavy (non-hydrogen) atoms. The van der Waals surface area contributed by atoms with E-state index in [0.717, 1.165) is 17.8 Å². The van der Waals surface area contributed by atoms with Gasteiger partial charge in [0.25, 0.3) is 5.91 Å². The fourth-order valence-electron chi connectivity index (χ4n) is 2.96. The van der Waals surface area contributed by atoms with E-state index in [1.54, 1.807) is 29.2 Å². The molecule has 0 aromatic heterocycles. The van der Waals surface area contributed by atoms with E-state index in [1.807, 2.05) is 0 Å². The van der Waals surface area contributed by atoms with Crippen molar-refractivity contribution in [3.05, 3.63) is 64.7 Å². The van der Waals surface area contributed by atoms with Crippen LogP contribution in [0.25, 0.3) is 0 Å². The van der Waals surface area contributed by atoms with Crippen molar-refractivity contribution < 1.29 is 22.8 Å². The van der Waals surface area contributed by atoms with Crippen molar-refractivity contribution in [2.24, 2.45) is 5.92 Å². The first-order valence-electron chi connectivity index (χ1n) is 8.25. The van der Waals surface area contributed by atoms with E-state index in [1.165, 1.54) is 12.1 Å². The lowest BCUT2D eigenvalue weighted by atomic mass is 10.1. The first kappa shape index (κ1) is 19.2. The lowest BCUT2D eigenvalue weighted by Gasteiger charge is -2.17.